The van der Waals surface area contributed by atoms with Crippen molar-refractivity contribution >= 4 is 52.1 Å². The van der Waals surface area contributed by atoms with Crippen LogP contribution in [0.5, 0.6) is 0 Å². The van der Waals surface area contributed by atoms with Gasteiger partial charge in [0, 0.05) is 16.3 Å². The van der Waals surface area contributed by atoms with Crippen molar-refractivity contribution in [2.24, 2.45) is 0 Å². The monoisotopic (exact) mass is 389 g/mol. The zero-order valence-corrected chi connectivity index (χ0v) is 14.3. The highest BCUT2D eigenvalue weighted by molar-refractivity contribution is 7.80. The number of thiocarbonyl (C=S) groups is 1. The van der Waals surface area contributed by atoms with E-state index in [1.807, 2.05) is 0 Å². The van der Waals surface area contributed by atoms with Crippen LogP contribution in [0.1, 0.15) is 5.56 Å². The second-order valence-electron chi connectivity index (χ2n) is 4.63. The summed E-state index contributed by atoms with van der Waals surface area (Å²) in [5.41, 5.74) is 5.27. The van der Waals surface area contributed by atoms with E-state index in [4.69, 9.17) is 35.4 Å². The molecular formula is C15H11Cl2F2N3OS. The number of hydrogen-bond donors (Lipinski definition) is 3. The first-order valence-electron chi connectivity index (χ1n) is 6.60. The number of benzene rings is 2. The molecule has 0 aliphatic rings. The molecule has 0 fully saturated rings. The molecule has 24 heavy (non-hydrogen) atoms. The summed E-state index contributed by atoms with van der Waals surface area (Å²) >= 11 is 16.5. The topological polar surface area (TPSA) is 53.2 Å². The van der Waals surface area contributed by atoms with Crippen LogP contribution in [0, 0.1) is 11.6 Å². The summed E-state index contributed by atoms with van der Waals surface area (Å²) in [6, 6.07) is 8.09. The van der Waals surface area contributed by atoms with Crippen molar-refractivity contribution < 1.29 is 13.6 Å². The molecule has 2 aromatic rings. The number of hydrazine groups is 1. The van der Waals surface area contributed by atoms with E-state index >= 15 is 0 Å². The summed E-state index contributed by atoms with van der Waals surface area (Å²) in [6.07, 6.45) is -0.260. The molecule has 0 aromatic heterocycles. The maximum atomic E-state index is 13.6. The Hall–Kier alpha value is -1.96. The number of nitrogens with one attached hydrogen (secondary N) is 3. The minimum Gasteiger partial charge on any atom is -0.331 e. The van der Waals surface area contributed by atoms with Crippen molar-refractivity contribution in [3.8, 4) is 0 Å². The predicted octanol–water partition coefficient (Wildman–Crippen LogP) is 3.83. The summed E-state index contributed by atoms with van der Waals surface area (Å²) in [6.45, 7) is 0. The predicted molar refractivity (Wildman–Crippen MR) is 94.0 cm³/mol. The maximum Gasteiger partial charge on any atom is 0.242 e. The fourth-order valence-electron chi connectivity index (χ4n) is 1.77. The van der Waals surface area contributed by atoms with Gasteiger partial charge in [0.1, 0.15) is 11.6 Å². The summed E-state index contributed by atoms with van der Waals surface area (Å²) in [5.74, 6) is -1.67. The molecule has 0 unspecified atom stereocenters. The molecular weight excluding hydrogens is 379 g/mol. The fraction of sp³-hybridized carbons (Fsp3) is 0.0667. The molecule has 2 aromatic carbocycles. The molecule has 3 N–H and O–H groups in total. The molecule has 0 bridgehead atoms. The average Bonchev–Trinajstić information content (AvgIpc) is 2.53. The largest absolute Gasteiger partial charge is 0.331 e. The molecule has 0 saturated carbocycles. The van der Waals surface area contributed by atoms with E-state index in [2.05, 4.69) is 16.2 Å². The molecule has 0 heterocycles. The first-order chi connectivity index (χ1) is 11.4. The molecule has 126 valence electrons. The highest BCUT2D eigenvalue weighted by Gasteiger charge is 2.12. The van der Waals surface area contributed by atoms with E-state index in [0.717, 1.165) is 0 Å². The van der Waals surface area contributed by atoms with Crippen molar-refractivity contribution in [1.82, 2.24) is 10.9 Å². The zero-order chi connectivity index (χ0) is 17.7. The lowest BCUT2D eigenvalue weighted by atomic mass is 10.1. The lowest BCUT2D eigenvalue weighted by molar-refractivity contribution is -0.121. The second kappa shape index (κ2) is 8.23. The summed E-state index contributed by atoms with van der Waals surface area (Å²) in [5, 5.41) is 2.84. The van der Waals surface area contributed by atoms with E-state index in [1.54, 1.807) is 0 Å². The van der Waals surface area contributed by atoms with Gasteiger partial charge < -0.3 is 5.32 Å². The Kier molecular flexibility index (Phi) is 6.30. The minimum atomic E-state index is -0.570. The van der Waals surface area contributed by atoms with E-state index in [0.29, 0.717) is 5.69 Å². The molecule has 0 saturated heterocycles. The minimum absolute atomic E-state index is 0.0469. The van der Waals surface area contributed by atoms with Crippen LogP contribution in [0.3, 0.4) is 0 Å². The lowest BCUT2D eigenvalue weighted by Gasteiger charge is -2.12. The van der Waals surface area contributed by atoms with Crippen molar-refractivity contribution in [2.45, 2.75) is 6.42 Å². The third-order valence-corrected chi connectivity index (χ3v) is 3.74. The number of anilines is 1. The SMILES string of the molecule is O=C(Cc1c(F)cccc1Cl)NNC(=S)Nc1ccc(F)c(Cl)c1. The lowest BCUT2D eigenvalue weighted by Crippen LogP contribution is -2.44. The van der Waals surface area contributed by atoms with Crippen LogP contribution in [-0.2, 0) is 11.2 Å². The highest BCUT2D eigenvalue weighted by atomic mass is 35.5. The van der Waals surface area contributed by atoms with Gasteiger partial charge in [-0.15, -0.1) is 0 Å². The Morgan fingerprint density at radius 2 is 1.79 bits per heavy atom. The number of amides is 1. The van der Waals surface area contributed by atoms with Crippen LogP contribution in [-0.4, -0.2) is 11.0 Å². The molecule has 0 aliphatic heterocycles. The van der Waals surface area contributed by atoms with Gasteiger partial charge in [-0.25, -0.2) is 8.78 Å². The van der Waals surface area contributed by atoms with Gasteiger partial charge in [0.25, 0.3) is 0 Å². The van der Waals surface area contributed by atoms with Gasteiger partial charge in [0.15, 0.2) is 5.11 Å². The second-order valence-corrected chi connectivity index (χ2v) is 5.86. The Labute approximate surface area is 152 Å². The number of carbonyl (C=O) groups is 1. The summed E-state index contributed by atoms with van der Waals surface area (Å²) < 4.78 is 26.7. The molecule has 1 amide bonds. The van der Waals surface area contributed by atoms with Crippen LogP contribution in [0.15, 0.2) is 36.4 Å². The van der Waals surface area contributed by atoms with E-state index < -0.39 is 17.5 Å². The van der Waals surface area contributed by atoms with Gasteiger partial charge in [-0.05, 0) is 42.5 Å². The fourth-order valence-corrected chi connectivity index (χ4v) is 2.35. The third-order valence-electron chi connectivity index (χ3n) is 2.89. The first-order valence-corrected chi connectivity index (χ1v) is 7.77. The van der Waals surface area contributed by atoms with Crippen LogP contribution >= 0.6 is 35.4 Å². The highest BCUT2D eigenvalue weighted by Crippen LogP contribution is 2.20. The van der Waals surface area contributed by atoms with Gasteiger partial charge in [-0.2, -0.15) is 0 Å². The van der Waals surface area contributed by atoms with Gasteiger partial charge >= 0.3 is 0 Å². The van der Waals surface area contributed by atoms with E-state index in [9.17, 15) is 13.6 Å². The molecule has 0 atom stereocenters. The quantitative estimate of drug-likeness (QED) is 0.551. The number of carbonyl (C=O) groups excluding carboxylic acids is 1. The smallest absolute Gasteiger partial charge is 0.242 e. The summed E-state index contributed by atoms with van der Waals surface area (Å²) in [4.78, 5) is 11.8. The molecule has 2 rings (SSSR count). The number of hydrogen-bond acceptors (Lipinski definition) is 2. The summed E-state index contributed by atoms with van der Waals surface area (Å²) in [7, 11) is 0. The van der Waals surface area contributed by atoms with Gasteiger partial charge in [-0.1, -0.05) is 29.3 Å². The molecule has 0 spiro atoms. The molecule has 0 radical (unpaired) electrons. The van der Waals surface area contributed by atoms with Crippen LogP contribution in [0.25, 0.3) is 0 Å². The van der Waals surface area contributed by atoms with E-state index in [1.165, 1.54) is 36.4 Å². The third kappa shape index (κ3) is 5.02. The molecule has 0 aliphatic carbocycles. The van der Waals surface area contributed by atoms with Gasteiger partial charge in [0.2, 0.25) is 5.91 Å². The zero-order valence-electron chi connectivity index (χ0n) is 12.0. The first kappa shape index (κ1) is 18.4. The Balaban J connectivity index is 1.87. The van der Waals surface area contributed by atoms with Crippen LogP contribution < -0.4 is 16.2 Å². The van der Waals surface area contributed by atoms with Crippen molar-refractivity contribution in [3.63, 3.8) is 0 Å². The molecule has 4 nitrogen and oxygen atoms in total. The number of halogens is 4. The maximum absolute atomic E-state index is 13.6. The Morgan fingerprint density at radius 1 is 1.04 bits per heavy atom. The Morgan fingerprint density at radius 3 is 2.46 bits per heavy atom. The Bertz CT molecular complexity index is 769. The number of rotatable bonds is 3. The van der Waals surface area contributed by atoms with Gasteiger partial charge in [-0.3, -0.25) is 15.6 Å². The average molecular weight is 390 g/mol. The van der Waals surface area contributed by atoms with Crippen LogP contribution in [0.4, 0.5) is 14.5 Å². The van der Waals surface area contributed by atoms with Crippen molar-refractivity contribution in [1.29, 1.82) is 0 Å². The van der Waals surface area contributed by atoms with Crippen molar-refractivity contribution in [2.75, 3.05) is 5.32 Å². The van der Waals surface area contributed by atoms with E-state index in [-0.39, 0.29) is 27.1 Å². The molecule has 9 heteroatoms. The van der Waals surface area contributed by atoms with Crippen LogP contribution in [0.2, 0.25) is 10.0 Å². The van der Waals surface area contributed by atoms with Crippen molar-refractivity contribution in [3.05, 3.63) is 63.6 Å². The van der Waals surface area contributed by atoms with Gasteiger partial charge in [0.05, 0.1) is 11.4 Å². The normalized spacial score (nSPS) is 10.2. The standard InChI is InChI=1S/C15H11Cl2F2N3OS/c16-10-2-1-3-12(18)9(10)7-14(23)21-22-15(24)20-8-4-5-13(19)11(17)6-8/h1-6H,7H2,(H,21,23)(H2,20,22,24).